The molecular formula is C31H37N3O2. The van der Waals surface area contributed by atoms with Crippen LogP contribution in [0.25, 0.3) is 0 Å². The van der Waals surface area contributed by atoms with E-state index >= 15 is 0 Å². The molecule has 5 heteroatoms. The Hall–Kier alpha value is -2.95. The van der Waals surface area contributed by atoms with Crippen LogP contribution in [0.1, 0.15) is 73.8 Å². The normalized spacial score (nSPS) is 29.0. The van der Waals surface area contributed by atoms with Gasteiger partial charge in [-0.15, -0.1) is 5.10 Å². The monoisotopic (exact) mass is 483 g/mol. The number of aryl methyl sites for hydroxylation is 4. The summed E-state index contributed by atoms with van der Waals surface area (Å²) in [6.45, 7) is 3.13. The van der Waals surface area contributed by atoms with Crippen molar-refractivity contribution in [2.45, 2.75) is 77.2 Å². The van der Waals surface area contributed by atoms with Crippen LogP contribution in [0.3, 0.4) is 0 Å². The first-order valence-corrected chi connectivity index (χ1v) is 13.8. The molecule has 36 heavy (non-hydrogen) atoms. The lowest BCUT2D eigenvalue weighted by atomic mass is 9.54. The molecule has 1 heterocycles. The summed E-state index contributed by atoms with van der Waals surface area (Å²) in [4.78, 5) is 13.3. The summed E-state index contributed by atoms with van der Waals surface area (Å²) < 4.78 is 1.99. The summed E-state index contributed by atoms with van der Waals surface area (Å²) >= 11 is 0. The molecule has 1 aromatic heterocycles. The summed E-state index contributed by atoms with van der Waals surface area (Å²) in [5.74, 6) is 2.92. The van der Waals surface area contributed by atoms with E-state index in [2.05, 4.69) is 53.8 Å². The van der Waals surface area contributed by atoms with E-state index in [4.69, 9.17) is 0 Å². The molecule has 2 aromatic carbocycles. The lowest BCUT2D eigenvalue weighted by Crippen LogP contribution is -2.44. The van der Waals surface area contributed by atoms with Crippen molar-refractivity contribution < 1.29 is 9.90 Å². The highest BCUT2D eigenvalue weighted by Gasteiger charge is 2.58. The topological polar surface area (TPSA) is 68.0 Å². The molecule has 5 nitrogen and oxygen atoms in total. The first kappa shape index (κ1) is 23.4. The van der Waals surface area contributed by atoms with Gasteiger partial charge in [0.2, 0.25) is 0 Å². The fraction of sp³-hybridized carbons (Fsp3) is 0.516. The van der Waals surface area contributed by atoms with Gasteiger partial charge in [0.15, 0.2) is 0 Å². The fourth-order valence-corrected chi connectivity index (χ4v) is 7.89. The van der Waals surface area contributed by atoms with Gasteiger partial charge in [-0.3, -0.25) is 9.48 Å². The number of nitrogens with zero attached hydrogens (tertiary/aromatic N) is 3. The minimum Gasteiger partial charge on any atom is -0.508 e. The largest absolute Gasteiger partial charge is 0.508 e. The van der Waals surface area contributed by atoms with Gasteiger partial charge in [0, 0.05) is 24.6 Å². The molecule has 188 valence electrons. The van der Waals surface area contributed by atoms with E-state index in [0.29, 0.717) is 35.2 Å². The van der Waals surface area contributed by atoms with Crippen LogP contribution in [0.15, 0.2) is 54.7 Å². The van der Waals surface area contributed by atoms with Crippen LogP contribution < -0.4 is 0 Å². The minimum atomic E-state index is -0.155. The maximum Gasteiger partial charge on any atom is 0.139 e. The van der Waals surface area contributed by atoms with Gasteiger partial charge < -0.3 is 5.11 Å². The first-order valence-electron chi connectivity index (χ1n) is 13.8. The van der Waals surface area contributed by atoms with Crippen molar-refractivity contribution in [3.8, 4) is 5.75 Å². The van der Waals surface area contributed by atoms with Crippen molar-refractivity contribution in [3.63, 3.8) is 0 Å². The highest BCUT2D eigenvalue weighted by atomic mass is 16.3. The highest BCUT2D eigenvalue weighted by Crippen LogP contribution is 2.62. The molecule has 0 spiro atoms. The Labute approximate surface area is 213 Å². The van der Waals surface area contributed by atoms with Gasteiger partial charge in [0.1, 0.15) is 11.5 Å². The Kier molecular flexibility index (Phi) is 6.18. The van der Waals surface area contributed by atoms with Gasteiger partial charge in [0.05, 0.1) is 5.69 Å². The van der Waals surface area contributed by atoms with Crippen LogP contribution >= 0.6 is 0 Å². The quantitative estimate of drug-likeness (QED) is 0.454. The Bertz CT molecular complexity index is 1240. The van der Waals surface area contributed by atoms with Crippen molar-refractivity contribution >= 4 is 5.78 Å². The molecule has 3 aromatic rings. The van der Waals surface area contributed by atoms with Crippen LogP contribution in [-0.4, -0.2) is 25.9 Å². The highest BCUT2D eigenvalue weighted by molar-refractivity contribution is 5.87. The molecule has 0 bridgehead atoms. The summed E-state index contributed by atoms with van der Waals surface area (Å²) in [6.07, 6.45) is 11.1. The van der Waals surface area contributed by atoms with Crippen LogP contribution in [-0.2, 0) is 30.6 Å². The molecule has 1 N–H and O–H groups in total. The first-order chi connectivity index (χ1) is 17.5. The maximum absolute atomic E-state index is 13.3. The van der Waals surface area contributed by atoms with Crippen molar-refractivity contribution in [1.29, 1.82) is 0 Å². The number of carbonyl (C=O) groups is 1. The van der Waals surface area contributed by atoms with Gasteiger partial charge in [-0.1, -0.05) is 48.5 Å². The lowest BCUT2D eigenvalue weighted by Gasteiger charge is -2.50. The van der Waals surface area contributed by atoms with Crippen LogP contribution in [0.5, 0.6) is 5.75 Å². The number of Topliss-reactive ketones (excluding diaryl/α,β-unsaturated/α-hetero) is 1. The van der Waals surface area contributed by atoms with Crippen molar-refractivity contribution in [2.24, 2.45) is 23.2 Å². The van der Waals surface area contributed by atoms with Crippen molar-refractivity contribution in [3.05, 3.63) is 77.1 Å². The predicted octanol–water partition coefficient (Wildman–Crippen LogP) is 5.90. The van der Waals surface area contributed by atoms with E-state index in [0.717, 1.165) is 70.0 Å². The zero-order chi connectivity index (χ0) is 24.7. The Morgan fingerprint density at radius 1 is 1.11 bits per heavy atom. The molecule has 2 fully saturated rings. The van der Waals surface area contributed by atoms with Crippen molar-refractivity contribution in [2.75, 3.05) is 0 Å². The molecule has 3 aliphatic rings. The molecular weight excluding hydrogens is 446 g/mol. The summed E-state index contributed by atoms with van der Waals surface area (Å²) in [5, 5.41) is 18.7. The third-order valence-electron chi connectivity index (χ3n) is 9.61. The van der Waals surface area contributed by atoms with E-state index in [9.17, 15) is 9.90 Å². The molecule has 0 radical (unpaired) electrons. The van der Waals surface area contributed by atoms with E-state index in [1.807, 2.05) is 22.9 Å². The third kappa shape index (κ3) is 4.27. The molecule has 5 atom stereocenters. The Morgan fingerprint density at radius 3 is 2.83 bits per heavy atom. The van der Waals surface area contributed by atoms with Gasteiger partial charge in [-0.2, -0.15) is 0 Å². The van der Waals surface area contributed by atoms with Crippen LogP contribution in [0, 0.1) is 23.2 Å². The summed E-state index contributed by atoms with van der Waals surface area (Å²) in [7, 11) is 0. The van der Waals surface area contributed by atoms with Crippen molar-refractivity contribution in [1.82, 2.24) is 15.0 Å². The van der Waals surface area contributed by atoms with Crippen LogP contribution in [0.4, 0.5) is 0 Å². The molecule has 6 rings (SSSR count). The number of carbonyl (C=O) groups excluding carboxylic acids is 1. The molecule has 0 amide bonds. The van der Waals surface area contributed by atoms with Gasteiger partial charge >= 0.3 is 0 Å². The Morgan fingerprint density at radius 2 is 1.97 bits per heavy atom. The number of aromatic nitrogens is 3. The number of aromatic hydroxyl groups is 1. The number of benzene rings is 2. The molecule has 2 saturated carbocycles. The van der Waals surface area contributed by atoms with Crippen LogP contribution in [0.2, 0.25) is 0 Å². The second kappa shape index (κ2) is 9.49. The standard InChI is InChI=1S/C31H37N3O2/c1-31-16-15-27-26-14-12-25(35)18-22(26)10-13-28(27)30(31)23(19-29(31)36)8-5-17-34-20-24(32-33-34)11-9-21-6-3-2-4-7-21/h2-4,6-7,12,14,18,20,23,27-28,30,35H,5,8-11,13,15-17,19H2,1H3/t23-,27-,28-,30+,31-/m1/s1. The second-order valence-electron chi connectivity index (χ2n) is 11.7. The zero-order valence-corrected chi connectivity index (χ0v) is 21.3. The number of phenols is 1. The Balaban J connectivity index is 1.10. The van der Waals surface area contributed by atoms with E-state index in [1.54, 1.807) is 0 Å². The molecule has 0 aliphatic heterocycles. The number of fused-ring (bicyclic) bond motifs is 5. The minimum absolute atomic E-state index is 0.155. The maximum atomic E-state index is 13.3. The number of rotatable bonds is 7. The van der Waals surface area contributed by atoms with E-state index < -0.39 is 0 Å². The van der Waals surface area contributed by atoms with Gasteiger partial charge in [-0.25, -0.2) is 0 Å². The van der Waals surface area contributed by atoms with Gasteiger partial charge in [0.25, 0.3) is 0 Å². The number of hydrogen-bond donors (Lipinski definition) is 1. The smallest absolute Gasteiger partial charge is 0.139 e. The number of phenolic OH excluding ortho intramolecular Hbond substituents is 1. The average molecular weight is 484 g/mol. The zero-order valence-electron chi connectivity index (χ0n) is 21.3. The van der Waals surface area contributed by atoms with Gasteiger partial charge in [-0.05, 0) is 104 Å². The van der Waals surface area contributed by atoms with E-state index in [1.165, 1.54) is 16.7 Å². The fourth-order valence-electron chi connectivity index (χ4n) is 7.89. The third-order valence-corrected chi connectivity index (χ3v) is 9.61. The molecule has 3 aliphatic carbocycles. The second-order valence-corrected chi connectivity index (χ2v) is 11.7. The molecule has 0 saturated heterocycles. The average Bonchev–Trinajstić information content (AvgIpc) is 3.44. The number of hydrogen-bond acceptors (Lipinski definition) is 4. The number of ketones is 1. The predicted molar refractivity (Wildman–Crippen MR) is 140 cm³/mol. The lowest BCUT2D eigenvalue weighted by molar-refractivity contribution is -0.129. The SMILES string of the molecule is C[C@]12CC[C@@H]3c4ccc(O)cc4CC[C@H]3[C@@H]1[C@H](CCCn1cc(CCc3ccccc3)nn1)CC2=O. The summed E-state index contributed by atoms with van der Waals surface area (Å²) in [5.41, 5.74) is 4.96. The molecule has 0 unspecified atom stereocenters. The van der Waals surface area contributed by atoms with E-state index in [-0.39, 0.29) is 5.41 Å². The summed E-state index contributed by atoms with van der Waals surface area (Å²) in [6, 6.07) is 16.5.